The second-order valence-electron chi connectivity index (χ2n) is 5.98. The van der Waals surface area contributed by atoms with Gasteiger partial charge >= 0.3 is 0 Å². The first kappa shape index (κ1) is 21.7. The third-order valence-corrected chi connectivity index (χ3v) is 4.38. The summed E-state index contributed by atoms with van der Waals surface area (Å²) >= 11 is 11.8. The van der Waals surface area contributed by atoms with Gasteiger partial charge in [-0.25, -0.2) is 13.8 Å². The van der Waals surface area contributed by atoms with Gasteiger partial charge in [-0.3, -0.25) is 14.8 Å². The van der Waals surface area contributed by atoms with Crippen molar-refractivity contribution in [3.63, 3.8) is 0 Å². The molecule has 1 aromatic carbocycles. The summed E-state index contributed by atoms with van der Waals surface area (Å²) < 4.78 is 38.6. The first-order chi connectivity index (χ1) is 14.3. The van der Waals surface area contributed by atoms with Gasteiger partial charge in [0.2, 0.25) is 5.75 Å². The third-order valence-electron chi connectivity index (χ3n) is 3.97. The molecule has 1 aromatic heterocycles. The minimum absolute atomic E-state index is 0.0545. The molecule has 0 bridgehead atoms. The molecule has 12 heteroatoms. The van der Waals surface area contributed by atoms with Crippen LogP contribution >= 0.6 is 23.2 Å². The van der Waals surface area contributed by atoms with E-state index in [-0.39, 0.29) is 28.1 Å². The second-order valence-corrected chi connectivity index (χ2v) is 6.80. The molecule has 0 spiro atoms. The van der Waals surface area contributed by atoms with Crippen LogP contribution in [0.4, 0.5) is 8.78 Å². The predicted molar refractivity (Wildman–Crippen MR) is 105 cm³/mol. The number of halogens is 4. The van der Waals surface area contributed by atoms with E-state index >= 15 is 0 Å². The van der Waals surface area contributed by atoms with Crippen LogP contribution in [0.25, 0.3) is 0 Å². The lowest BCUT2D eigenvalue weighted by atomic mass is 10.2. The average Bonchev–Trinajstić information content (AvgIpc) is 2.70. The zero-order valence-corrected chi connectivity index (χ0v) is 16.8. The number of aromatic nitrogens is 2. The van der Waals surface area contributed by atoms with E-state index in [9.17, 15) is 13.6 Å². The number of nitrogens with one attached hydrogen (secondary N) is 1. The normalized spacial score (nSPS) is 15.8. The Labute approximate surface area is 178 Å². The number of hydrogen-bond acceptors (Lipinski definition) is 7. The Morgan fingerprint density at radius 3 is 2.80 bits per heavy atom. The summed E-state index contributed by atoms with van der Waals surface area (Å²) in [7, 11) is 1.42. The number of nitriles is 1. The molecule has 0 saturated heterocycles. The highest BCUT2D eigenvalue weighted by molar-refractivity contribution is 6.68. The maximum Gasteiger partial charge on any atom is 0.297 e. The molecule has 8 nitrogen and oxygen atoms in total. The van der Waals surface area contributed by atoms with Crippen molar-refractivity contribution in [3.8, 4) is 17.6 Å². The number of methoxy groups -OCH3 is 1. The van der Waals surface area contributed by atoms with Crippen LogP contribution < -0.4 is 15.7 Å². The molecule has 0 saturated carbocycles. The molecule has 2 heterocycles. The number of allylic oxidation sites excluding steroid dienone is 1. The second kappa shape index (κ2) is 9.21. The van der Waals surface area contributed by atoms with Crippen molar-refractivity contribution in [1.29, 1.82) is 5.26 Å². The fourth-order valence-corrected chi connectivity index (χ4v) is 3.06. The van der Waals surface area contributed by atoms with Crippen LogP contribution in [0.15, 0.2) is 46.1 Å². The molecule has 1 unspecified atom stereocenters. The Kier molecular flexibility index (Phi) is 6.66. The van der Waals surface area contributed by atoms with Crippen LogP contribution in [0.3, 0.4) is 0 Å². The lowest BCUT2D eigenvalue weighted by Gasteiger charge is -2.22. The fourth-order valence-electron chi connectivity index (χ4n) is 2.64. The topological polar surface area (TPSA) is 102 Å². The lowest BCUT2D eigenvalue weighted by molar-refractivity contribution is 0.0988. The minimum Gasteiger partial charge on any atom is -0.449 e. The van der Waals surface area contributed by atoms with E-state index in [2.05, 4.69) is 15.5 Å². The summed E-state index contributed by atoms with van der Waals surface area (Å²) in [6.07, 6.45) is -1.29. The average molecular weight is 456 g/mol. The van der Waals surface area contributed by atoms with Crippen LogP contribution in [0, 0.1) is 11.3 Å². The van der Waals surface area contributed by atoms with Gasteiger partial charge in [0.25, 0.3) is 12.0 Å². The van der Waals surface area contributed by atoms with Gasteiger partial charge in [-0.15, -0.1) is 0 Å². The standard InChI is InChI=1S/C18H13Cl2F2N5O3/c1-29-17-10(4-13(20)25-26-17)7-27-8-24-14(16(21)22)15(18(27)28)30-12-3-9(6-23)2-11(19)5-12/h2-5,8,16-17,26H,7H2,1H3. The number of rotatable bonds is 6. The van der Waals surface area contributed by atoms with Crippen LogP contribution in [0.2, 0.25) is 5.02 Å². The van der Waals surface area contributed by atoms with Gasteiger partial charge in [0, 0.05) is 17.7 Å². The highest BCUT2D eigenvalue weighted by atomic mass is 35.5. The quantitative estimate of drug-likeness (QED) is 0.714. The van der Waals surface area contributed by atoms with E-state index in [1.165, 1.54) is 31.4 Å². The van der Waals surface area contributed by atoms with Crippen molar-refractivity contribution >= 4 is 28.4 Å². The Hall–Kier alpha value is -3.00. The molecule has 0 fully saturated rings. The molecule has 3 rings (SSSR count). The number of nitrogens with zero attached hydrogens (tertiary/aromatic N) is 4. The van der Waals surface area contributed by atoms with Crippen LogP contribution in [-0.4, -0.2) is 28.1 Å². The number of alkyl halides is 2. The summed E-state index contributed by atoms with van der Waals surface area (Å²) in [6.45, 7) is -0.0814. The molecule has 1 N–H and O–H groups in total. The van der Waals surface area contributed by atoms with Crippen molar-refractivity contribution < 1.29 is 18.3 Å². The van der Waals surface area contributed by atoms with Crippen molar-refractivity contribution in [2.45, 2.75) is 19.2 Å². The van der Waals surface area contributed by atoms with Gasteiger partial charge in [-0.05, 0) is 24.3 Å². The molecule has 156 valence electrons. The van der Waals surface area contributed by atoms with Crippen molar-refractivity contribution in [2.24, 2.45) is 5.10 Å². The Morgan fingerprint density at radius 2 is 2.13 bits per heavy atom. The Balaban J connectivity index is 2.03. The molecule has 0 amide bonds. The lowest BCUT2D eigenvalue weighted by Crippen LogP contribution is -2.36. The summed E-state index contributed by atoms with van der Waals surface area (Å²) in [5, 5.41) is 13.1. The van der Waals surface area contributed by atoms with Gasteiger partial charge in [-0.1, -0.05) is 23.2 Å². The Bertz CT molecular complexity index is 1130. The maximum absolute atomic E-state index is 13.4. The summed E-state index contributed by atoms with van der Waals surface area (Å²) in [5.74, 6) is -0.738. The summed E-state index contributed by atoms with van der Waals surface area (Å²) in [4.78, 5) is 16.6. The molecular weight excluding hydrogens is 443 g/mol. The number of ether oxygens (including phenoxy) is 2. The van der Waals surface area contributed by atoms with Crippen molar-refractivity contribution in [3.05, 3.63) is 62.8 Å². The van der Waals surface area contributed by atoms with E-state index in [0.717, 1.165) is 10.9 Å². The first-order valence-corrected chi connectivity index (χ1v) is 9.06. The Morgan fingerprint density at radius 1 is 1.37 bits per heavy atom. The number of hydrogen-bond donors (Lipinski definition) is 1. The smallest absolute Gasteiger partial charge is 0.297 e. The largest absolute Gasteiger partial charge is 0.449 e. The number of hydrazone groups is 1. The third kappa shape index (κ3) is 4.76. The first-order valence-electron chi connectivity index (χ1n) is 8.30. The van der Waals surface area contributed by atoms with Gasteiger partial charge in [0.05, 0.1) is 24.5 Å². The predicted octanol–water partition coefficient (Wildman–Crippen LogP) is 3.55. The van der Waals surface area contributed by atoms with E-state index in [4.69, 9.17) is 37.9 Å². The molecule has 1 aliphatic rings. The molecule has 2 aromatic rings. The van der Waals surface area contributed by atoms with E-state index in [1.54, 1.807) is 0 Å². The maximum atomic E-state index is 13.4. The summed E-state index contributed by atoms with van der Waals surface area (Å²) in [6, 6.07) is 5.78. The molecule has 1 aliphatic heterocycles. The van der Waals surface area contributed by atoms with Crippen LogP contribution in [0.1, 0.15) is 17.7 Å². The molecule has 30 heavy (non-hydrogen) atoms. The zero-order chi connectivity index (χ0) is 21.8. The SMILES string of the molecule is COC1NN=C(Cl)C=C1Cn1cnc(C(F)F)c(Oc2cc(Cl)cc(C#N)c2)c1=O. The van der Waals surface area contributed by atoms with Crippen molar-refractivity contribution in [2.75, 3.05) is 7.11 Å². The van der Waals surface area contributed by atoms with Gasteiger partial charge in [-0.2, -0.15) is 10.4 Å². The molecule has 1 atom stereocenters. The van der Waals surface area contributed by atoms with Crippen LogP contribution in [0.5, 0.6) is 11.5 Å². The monoisotopic (exact) mass is 455 g/mol. The molecular formula is C18H13Cl2F2N5O3. The molecule has 0 radical (unpaired) electrons. The van der Waals surface area contributed by atoms with Gasteiger partial charge in [0.1, 0.15) is 10.9 Å². The van der Waals surface area contributed by atoms with Crippen LogP contribution in [-0.2, 0) is 11.3 Å². The van der Waals surface area contributed by atoms with Crippen molar-refractivity contribution in [1.82, 2.24) is 15.0 Å². The van der Waals surface area contributed by atoms with Gasteiger partial charge in [0.15, 0.2) is 11.9 Å². The minimum atomic E-state index is -3.07. The number of benzene rings is 1. The summed E-state index contributed by atoms with van der Waals surface area (Å²) in [5.41, 5.74) is 1.58. The molecule has 0 aliphatic carbocycles. The highest BCUT2D eigenvalue weighted by Crippen LogP contribution is 2.30. The zero-order valence-electron chi connectivity index (χ0n) is 15.3. The van der Waals surface area contributed by atoms with E-state index in [1.807, 2.05) is 6.07 Å². The van der Waals surface area contributed by atoms with Gasteiger partial charge < -0.3 is 9.47 Å². The van der Waals surface area contributed by atoms with E-state index in [0.29, 0.717) is 5.57 Å². The fraction of sp³-hybridized carbons (Fsp3) is 0.222. The highest BCUT2D eigenvalue weighted by Gasteiger charge is 2.24. The van der Waals surface area contributed by atoms with E-state index < -0.39 is 29.7 Å².